The van der Waals surface area contributed by atoms with Gasteiger partial charge in [-0.25, -0.2) is 4.68 Å². The summed E-state index contributed by atoms with van der Waals surface area (Å²) < 4.78 is 1.86. The number of rotatable bonds is 2. The van der Waals surface area contributed by atoms with Crippen molar-refractivity contribution in [3.05, 3.63) is 70.7 Å². The number of hydrogen-bond donors (Lipinski definition) is 2. The van der Waals surface area contributed by atoms with Crippen LogP contribution in [0.4, 0.5) is 11.9 Å². The van der Waals surface area contributed by atoms with Crippen molar-refractivity contribution in [2.45, 2.75) is 18.5 Å². The highest BCUT2D eigenvalue weighted by Crippen LogP contribution is 2.38. The second kappa shape index (κ2) is 5.59. The molecule has 2 aromatic carbocycles. The summed E-state index contributed by atoms with van der Waals surface area (Å²) in [4.78, 5) is 4.31. The van der Waals surface area contributed by atoms with Crippen molar-refractivity contribution in [1.82, 2.24) is 14.8 Å². The minimum atomic E-state index is 0.0681. The molecule has 1 aliphatic rings. The van der Waals surface area contributed by atoms with E-state index in [4.69, 9.17) is 17.3 Å². The Labute approximate surface area is 139 Å². The molecule has 0 unspecified atom stereocenters. The monoisotopic (exact) mass is 325 g/mol. The fourth-order valence-corrected chi connectivity index (χ4v) is 3.19. The van der Waals surface area contributed by atoms with Crippen LogP contribution in [0.3, 0.4) is 0 Å². The first-order valence-electron chi connectivity index (χ1n) is 7.49. The van der Waals surface area contributed by atoms with Crippen molar-refractivity contribution in [1.29, 1.82) is 0 Å². The van der Waals surface area contributed by atoms with Crippen LogP contribution in [0.15, 0.2) is 54.6 Å². The highest BCUT2D eigenvalue weighted by atomic mass is 35.5. The van der Waals surface area contributed by atoms with Crippen molar-refractivity contribution in [3.8, 4) is 0 Å². The van der Waals surface area contributed by atoms with Crippen molar-refractivity contribution in [3.63, 3.8) is 0 Å². The molecule has 116 valence electrons. The van der Waals surface area contributed by atoms with E-state index in [2.05, 4.69) is 27.5 Å². The van der Waals surface area contributed by atoms with Gasteiger partial charge in [-0.15, -0.1) is 5.10 Å². The highest BCUT2D eigenvalue weighted by Gasteiger charge is 2.30. The molecule has 0 saturated carbocycles. The van der Waals surface area contributed by atoms with Crippen molar-refractivity contribution in [2.75, 3.05) is 11.1 Å². The number of aromatic nitrogens is 3. The fraction of sp³-hybridized carbons (Fsp3) is 0.176. The van der Waals surface area contributed by atoms with Gasteiger partial charge in [0.1, 0.15) is 0 Å². The highest BCUT2D eigenvalue weighted by molar-refractivity contribution is 6.30. The van der Waals surface area contributed by atoms with Gasteiger partial charge < -0.3 is 11.1 Å². The number of anilines is 2. The maximum atomic E-state index is 6.01. The SMILES string of the molecule is Nc1nc2n(n1)[C@H](c1ccc(Cl)cc1)C[C@H](c1ccccc1)N2. The van der Waals surface area contributed by atoms with Gasteiger partial charge in [-0.2, -0.15) is 4.98 Å². The summed E-state index contributed by atoms with van der Waals surface area (Å²) in [5.74, 6) is 0.975. The summed E-state index contributed by atoms with van der Waals surface area (Å²) in [6.07, 6.45) is 0.863. The number of hydrogen-bond acceptors (Lipinski definition) is 4. The lowest BCUT2D eigenvalue weighted by Crippen LogP contribution is -2.28. The van der Waals surface area contributed by atoms with E-state index in [0.29, 0.717) is 5.95 Å². The van der Waals surface area contributed by atoms with E-state index < -0.39 is 0 Å². The first-order valence-corrected chi connectivity index (χ1v) is 7.87. The average Bonchev–Trinajstić information content (AvgIpc) is 2.96. The van der Waals surface area contributed by atoms with Crippen LogP contribution in [0.25, 0.3) is 0 Å². The minimum absolute atomic E-state index is 0.0681. The minimum Gasteiger partial charge on any atom is -0.366 e. The van der Waals surface area contributed by atoms with Gasteiger partial charge in [-0.3, -0.25) is 0 Å². The Kier molecular flexibility index (Phi) is 3.42. The maximum Gasteiger partial charge on any atom is 0.241 e. The molecule has 23 heavy (non-hydrogen) atoms. The van der Waals surface area contributed by atoms with Crippen LogP contribution in [0.2, 0.25) is 5.02 Å². The molecule has 0 amide bonds. The first kappa shape index (κ1) is 14.1. The number of halogens is 1. The Hall–Kier alpha value is -2.53. The molecule has 0 radical (unpaired) electrons. The summed E-state index contributed by atoms with van der Waals surface area (Å²) in [5, 5.41) is 8.50. The van der Waals surface area contributed by atoms with E-state index in [-0.39, 0.29) is 18.0 Å². The number of fused-ring (bicyclic) bond motifs is 1. The lowest BCUT2D eigenvalue weighted by molar-refractivity contribution is 0.431. The number of nitrogen functional groups attached to an aromatic ring is 1. The fourth-order valence-electron chi connectivity index (χ4n) is 3.06. The van der Waals surface area contributed by atoms with Crippen LogP contribution in [0.1, 0.15) is 29.6 Å². The Morgan fingerprint density at radius 1 is 1.04 bits per heavy atom. The summed E-state index contributed by atoms with van der Waals surface area (Å²) >= 11 is 6.01. The van der Waals surface area contributed by atoms with Crippen LogP contribution in [-0.2, 0) is 0 Å². The topological polar surface area (TPSA) is 68.8 Å². The summed E-state index contributed by atoms with van der Waals surface area (Å²) in [7, 11) is 0. The zero-order valence-electron chi connectivity index (χ0n) is 12.4. The predicted molar refractivity (Wildman–Crippen MR) is 91.4 cm³/mol. The van der Waals surface area contributed by atoms with E-state index in [1.165, 1.54) is 5.56 Å². The third-order valence-corrected chi connectivity index (χ3v) is 4.41. The molecule has 0 aliphatic carbocycles. The number of nitrogens with zero attached hydrogens (tertiary/aromatic N) is 3. The van der Waals surface area contributed by atoms with Gasteiger partial charge >= 0.3 is 0 Å². The normalized spacial score (nSPS) is 19.9. The zero-order chi connectivity index (χ0) is 15.8. The van der Waals surface area contributed by atoms with Crippen molar-refractivity contribution in [2.24, 2.45) is 0 Å². The van der Waals surface area contributed by atoms with E-state index in [0.717, 1.165) is 17.0 Å². The van der Waals surface area contributed by atoms with Gasteiger partial charge in [0.25, 0.3) is 0 Å². The molecule has 1 aliphatic heterocycles. The molecule has 0 fully saturated rings. The van der Waals surface area contributed by atoms with E-state index in [1.807, 2.05) is 47.1 Å². The number of nitrogens with two attached hydrogens (primary N) is 1. The Morgan fingerprint density at radius 2 is 1.78 bits per heavy atom. The number of nitrogens with one attached hydrogen (secondary N) is 1. The van der Waals surface area contributed by atoms with Crippen molar-refractivity contribution < 1.29 is 0 Å². The summed E-state index contributed by atoms with van der Waals surface area (Å²) in [6.45, 7) is 0. The van der Waals surface area contributed by atoms with Crippen molar-refractivity contribution >= 4 is 23.5 Å². The summed E-state index contributed by atoms with van der Waals surface area (Å²) in [6, 6.07) is 18.4. The third-order valence-electron chi connectivity index (χ3n) is 4.16. The standard InChI is InChI=1S/C17H16ClN5/c18-13-8-6-12(7-9-13)15-10-14(11-4-2-1-3-5-11)20-17-21-16(19)22-23(15)17/h1-9,14-15H,10H2,(H3,19,20,21,22)/t14-,15+/m1/s1. The molecule has 2 heterocycles. The molecule has 0 saturated heterocycles. The summed E-state index contributed by atoms with van der Waals surface area (Å²) in [5.41, 5.74) is 8.17. The van der Waals surface area contributed by atoms with Crippen LogP contribution >= 0.6 is 11.6 Å². The van der Waals surface area contributed by atoms with Crippen LogP contribution in [0, 0.1) is 0 Å². The maximum absolute atomic E-state index is 6.01. The molecular formula is C17H16ClN5. The predicted octanol–water partition coefficient (Wildman–Crippen LogP) is 3.66. The smallest absolute Gasteiger partial charge is 0.241 e. The van der Waals surface area contributed by atoms with Gasteiger partial charge in [0.05, 0.1) is 12.1 Å². The third kappa shape index (κ3) is 2.64. The molecule has 6 heteroatoms. The largest absolute Gasteiger partial charge is 0.366 e. The van der Waals surface area contributed by atoms with Gasteiger partial charge in [0.15, 0.2) is 0 Å². The molecule has 2 atom stereocenters. The van der Waals surface area contributed by atoms with E-state index in [1.54, 1.807) is 0 Å². The molecule has 3 N–H and O–H groups in total. The van der Waals surface area contributed by atoms with Gasteiger partial charge in [0, 0.05) is 5.02 Å². The van der Waals surface area contributed by atoms with Gasteiger partial charge in [-0.1, -0.05) is 54.1 Å². The molecular weight excluding hydrogens is 310 g/mol. The first-order chi connectivity index (χ1) is 11.2. The van der Waals surface area contributed by atoms with Gasteiger partial charge in [-0.05, 0) is 29.7 Å². The van der Waals surface area contributed by atoms with Crippen LogP contribution < -0.4 is 11.1 Å². The lowest BCUT2D eigenvalue weighted by atomic mass is 9.93. The Balaban J connectivity index is 1.76. The molecule has 0 spiro atoms. The van der Waals surface area contributed by atoms with Crippen LogP contribution in [0.5, 0.6) is 0 Å². The zero-order valence-corrected chi connectivity index (χ0v) is 13.1. The average molecular weight is 326 g/mol. The molecule has 5 nitrogen and oxygen atoms in total. The Morgan fingerprint density at radius 3 is 2.52 bits per heavy atom. The second-order valence-electron chi connectivity index (χ2n) is 5.65. The molecule has 1 aromatic heterocycles. The van der Waals surface area contributed by atoms with Gasteiger partial charge in [0.2, 0.25) is 11.9 Å². The second-order valence-corrected chi connectivity index (χ2v) is 6.09. The van der Waals surface area contributed by atoms with E-state index in [9.17, 15) is 0 Å². The number of benzene rings is 2. The Bertz CT molecular complexity index is 813. The quantitative estimate of drug-likeness (QED) is 0.754. The molecule has 0 bridgehead atoms. The lowest BCUT2D eigenvalue weighted by Gasteiger charge is -2.31. The molecule has 3 aromatic rings. The van der Waals surface area contributed by atoms with Crippen LogP contribution in [-0.4, -0.2) is 14.8 Å². The molecule has 4 rings (SSSR count). The van der Waals surface area contributed by atoms with E-state index >= 15 is 0 Å².